The number of ether oxygens (including phenoxy) is 1. The molecule has 1 aliphatic carbocycles. The van der Waals surface area contributed by atoms with Crippen LogP contribution in [0.5, 0.6) is 11.5 Å². The van der Waals surface area contributed by atoms with Crippen molar-refractivity contribution in [1.82, 2.24) is 0 Å². The standard InChI is InChI=1S/C55H33NO2/c1-2-12-36-29-39(24-23-34(36)11-1)56(41-26-28-43-45-30-37-13-3-4-14-38(37)31-52(45)58-53(43)33-41)40-25-27-42-44-17-9-15-35-16-10-20-48(54(35)44)55(49(42)32-40)46-18-5-7-21-50(46)57-51-22-8-6-19-47(51)55/h1-33H. The average Bonchev–Trinajstić information content (AvgIpc) is 3.63. The molecule has 270 valence electrons. The SMILES string of the molecule is c1ccc2c(c1)Oc1ccccc1C21c2cc(N(c3ccc4ccccc4c3)c3ccc4c(c3)oc3cc5ccccc5cc34)ccc2-c2cccc3cccc1c23. The summed E-state index contributed by atoms with van der Waals surface area (Å²) in [5, 5.41) is 9.51. The fourth-order valence-electron chi connectivity index (χ4n) is 10.2. The molecule has 1 spiro atoms. The second-order valence-electron chi connectivity index (χ2n) is 15.6. The van der Waals surface area contributed by atoms with Crippen LogP contribution in [-0.4, -0.2) is 0 Å². The van der Waals surface area contributed by atoms with Gasteiger partial charge in [-0.2, -0.15) is 0 Å². The predicted octanol–water partition coefficient (Wildman–Crippen LogP) is 15.0. The number of anilines is 3. The van der Waals surface area contributed by atoms with Crippen LogP contribution in [0.25, 0.3) is 65.4 Å². The first kappa shape index (κ1) is 31.6. The third-order valence-electron chi connectivity index (χ3n) is 12.6. The molecular formula is C55H33NO2. The summed E-state index contributed by atoms with van der Waals surface area (Å²) in [5.41, 5.74) is 11.5. The Morgan fingerprint density at radius 3 is 1.71 bits per heavy atom. The van der Waals surface area contributed by atoms with Crippen LogP contribution in [-0.2, 0) is 5.41 Å². The largest absolute Gasteiger partial charge is 0.457 e. The van der Waals surface area contributed by atoms with Gasteiger partial charge in [0.1, 0.15) is 22.7 Å². The van der Waals surface area contributed by atoms with Gasteiger partial charge < -0.3 is 14.1 Å². The van der Waals surface area contributed by atoms with Crippen molar-refractivity contribution in [2.75, 3.05) is 4.90 Å². The minimum Gasteiger partial charge on any atom is -0.457 e. The number of nitrogens with zero attached hydrogens (tertiary/aromatic N) is 1. The van der Waals surface area contributed by atoms with Crippen molar-refractivity contribution in [2.45, 2.75) is 5.41 Å². The summed E-state index contributed by atoms with van der Waals surface area (Å²) in [6, 6.07) is 72.7. The van der Waals surface area contributed by atoms with Gasteiger partial charge in [0.15, 0.2) is 0 Å². The highest BCUT2D eigenvalue weighted by molar-refractivity contribution is 6.11. The maximum atomic E-state index is 6.73. The van der Waals surface area contributed by atoms with Crippen LogP contribution >= 0.6 is 0 Å². The smallest absolute Gasteiger partial charge is 0.137 e. The fourth-order valence-corrected chi connectivity index (χ4v) is 10.2. The minimum absolute atomic E-state index is 0.648. The zero-order valence-electron chi connectivity index (χ0n) is 31.3. The molecule has 13 rings (SSSR count). The lowest BCUT2D eigenvalue weighted by atomic mass is 9.58. The molecule has 11 aromatic rings. The van der Waals surface area contributed by atoms with Gasteiger partial charge in [0.05, 0.1) is 5.41 Å². The van der Waals surface area contributed by atoms with E-state index in [4.69, 9.17) is 9.15 Å². The molecule has 1 aromatic heterocycles. The number of rotatable bonds is 3. The van der Waals surface area contributed by atoms with Crippen LogP contribution in [0.15, 0.2) is 205 Å². The molecule has 0 atom stereocenters. The van der Waals surface area contributed by atoms with Gasteiger partial charge in [0, 0.05) is 45.0 Å². The normalized spacial score (nSPS) is 13.4. The van der Waals surface area contributed by atoms with E-state index in [-0.39, 0.29) is 0 Å². The second kappa shape index (κ2) is 11.7. The Morgan fingerprint density at radius 1 is 0.345 bits per heavy atom. The van der Waals surface area contributed by atoms with Gasteiger partial charge >= 0.3 is 0 Å². The van der Waals surface area contributed by atoms with Crippen molar-refractivity contribution >= 4 is 71.3 Å². The van der Waals surface area contributed by atoms with E-state index in [1.54, 1.807) is 0 Å². The predicted molar refractivity (Wildman–Crippen MR) is 238 cm³/mol. The van der Waals surface area contributed by atoms with E-state index in [0.717, 1.165) is 61.6 Å². The number of benzene rings is 10. The molecule has 0 unspecified atom stereocenters. The number of hydrogen-bond acceptors (Lipinski definition) is 3. The lowest BCUT2D eigenvalue weighted by Gasteiger charge is -2.45. The molecule has 2 heterocycles. The summed E-state index contributed by atoms with van der Waals surface area (Å²) in [7, 11) is 0. The van der Waals surface area contributed by atoms with Crippen molar-refractivity contribution in [3.8, 4) is 22.6 Å². The van der Waals surface area contributed by atoms with Crippen molar-refractivity contribution < 1.29 is 9.15 Å². The summed E-state index contributed by atoms with van der Waals surface area (Å²) in [5.74, 6) is 1.76. The van der Waals surface area contributed by atoms with Crippen LogP contribution in [0.2, 0.25) is 0 Å². The summed E-state index contributed by atoms with van der Waals surface area (Å²) >= 11 is 0. The number of furan rings is 1. The molecule has 3 heteroatoms. The molecule has 0 radical (unpaired) electrons. The molecule has 1 aliphatic heterocycles. The average molecular weight is 740 g/mol. The molecule has 0 N–H and O–H groups in total. The van der Waals surface area contributed by atoms with Crippen molar-refractivity contribution in [1.29, 1.82) is 0 Å². The molecule has 0 saturated heterocycles. The molecule has 3 nitrogen and oxygen atoms in total. The zero-order chi connectivity index (χ0) is 38.0. The first-order valence-corrected chi connectivity index (χ1v) is 19.9. The van der Waals surface area contributed by atoms with Crippen LogP contribution < -0.4 is 9.64 Å². The maximum absolute atomic E-state index is 6.73. The Kier molecular flexibility index (Phi) is 6.37. The summed E-state index contributed by atoms with van der Waals surface area (Å²) in [4.78, 5) is 2.39. The Labute approximate surface area is 334 Å². The molecule has 0 bridgehead atoms. The van der Waals surface area contributed by atoms with Crippen LogP contribution in [0.4, 0.5) is 17.1 Å². The van der Waals surface area contributed by atoms with Crippen LogP contribution in [0.1, 0.15) is 22.3 Å². The van der Waals surface area contributed by atoms with E-state index in [0.29, 0.717) is 0 Å². The van der Waals surface area contributed by atoms with E-state index in [2.05, 4.69) is 205 Å². The number of hydrogen-bond donors (Lipinski definition) is 0. The van der Waals surface area contributed by atoms with Gasteiger partial charge in [-0.3, -0.25) is 0 Å². The summed E-state index contributed by atoms with van der Waals surface area (Å²) in [6.45, 7) is 0. The summed E-state index contributed by atoms with van der Waals surface area (Å²) < 4.78 is 13.4. The molecule has 10 aromatic carbocycles. The van der Waals surface area contributed by atoms with E-state index in [1.165, 1.54) is 54.6 Å². The molecule has 0 fully saturated rings. The Morgan fingerprint density at radius 2 is 0.914 bits per heavy atom. The lowest BCUT2D eigenvalue weighted by Crippen LogP contribution is -2.36. The van der Waals surface area contributed by atoms with Gasteiger partial charge in [0.25, 0.3) is 0 Å². The number of fused-ring (bicyclic) bond motifs is 13. The molecule has 0 amide bonds. The van der Waals surface area contributed by atoms with Crippen molar-refractivity contribution in [3.05, 3.63) is 222 Å². The zero-order valence-corrected chi connectivity index (χ0v) is 31.3. The highest BCUT2D eigenvalue weighted by atomic mass is 16.5. The molecule has 2 aliphatic rings. The Balaban J connectivity index is 1.11. The van der Waals surface area contributed by atoms with Crippen LogP contribution in [0, 0.1) is 0 Å². The van der Waals surface area contributed by atoms with E-state index in [1.807, 2.05) is 0 Å². The molecule has 0 saturated carbocycles. The monoisotopic (exact) mass is 739 g/mol. The molecular weight excluding hydrogens is 707 g/mol. The van der Waals surface area contributed by atoms with Gasteiger partial charge in [-0.1, -0.05) is 133 Å². The highest BCUT2D eigenvalue weighted by Crippen LogP contribution is 2.61. The lowest BCUT2D eigenvalue weighted by molar-refractivity contribution is 0.435. The van der Waals surface area contributed by atoms with Gasteiger partial charge in [-0.15, -0.1) is 0 Å². The Hall–Kier alpha value is -7.62. The third kappa shape index (κ3) is 4.28. The van der Waals surface area contributed by atoms with Crippen molar-refractivity contribution in [3.63, 3.8) is 0 Å². The highest BCUT2D eigenvalue weighted by Gasteiger charge is 2.49. The fraction of sp³-hybridized carbons (Fsp3) is 0.0182. The van der Waals surface area contributed by atoms with E-state index in [9.17, 15) is 0 Å². The maximum Gasteiger partial charge on any atom is 0.137 e. The van der Waals surface area contributed by atoms with Crippen LogP contribution in [0.3, 0.4) is 0 Å². The topological polar surface area (TPSA) is 25.6 Å². The quantitative estimate of drug-likeness (QED) is 0.180. The summed E-state index contributed by atoms with van der Waals surface area (Å²) in [6.07, 6.45) is 0. The van der Waals surface area contributed by atoms with E-state index < -0.39 is 5.41 Å². The minimum atomic E-state index is -0.648. The first-order valence-electron chi connectivity index (χ1n) is 19.9. The number of para-hydroxylation sites is 2. The van der Waals surface area contributed by atoms with Gasteiger partial charge in [-0.25, -0.2) is 0 Å². The van der Waals surface area contributed by atoms with Gasteiger partial charge in [-0.05, 0) is 115 Å². The van der Waals surface area contributed by atoms with Gasteiger partial charge in [0.2, 0.25) is 0 Å². The van der Waals surface area contributed by atoms with E-state index >= 15 is 0 Å². The second-order valence-corrected chi connectivity index (χ2v) is 15.6. The third-order valence-corrected chi connectivity index (χ3v) is 12.6. The molecule has 58 heavy (non-hydrogen) atoms. The van der Waals surface area contributed by atoms with Crippen molar-refractivity contribution in [2.24, 2.45) is 0 Å². The Bertz CT molecular complexity index is 3470. The first-order chi connectivity index (χ1) is 28.7.